The fourth-order valence-electron chi connectivity index (χ4n) is 6.97. The lowest BCUT2D eigenvalue weighted by molar-refractivity contribution is -0.105. The van der Waals surface area contributed by atoms with Crippen LogP contribution in [0.15, 0.2) is 30.4 Å². The molecule has 0 spiro atoms. The minimum atomic E-state index is 0.501. The summed E-state index contributed by atoms with van der Waals surface area (Å²) < 4.78 is 0. The molecular weight excluding hydrogens is 288 g/mol. The number of allylic oxidation sites excluding steroid dienone is 2. The molecule has 5 unspecified atom stereocenters. The molecule has 1 fully saturated rings. The minimum Gasteiger partial charge on any atom is -0.0877 e. The molecule has 0 nitrogen and oxygen atoms in total. The van der Waals surface area contributed by atoms with Crippen LogP contribution in [0.3, 0.4) is 0 Å². The second-order valence-electron chi connectivity index (χ2n) is 9.24. The van der Waals surface area contributed by atoms with Crippen molar-refractivity contribution in [1.29, 1.82) is 0 Å². The maximum Gasteiger partial charge on any atom is -0.0125 e. The summed E-state index contributed by atoms with van der Waals surface area (Å²) >= 11 is 0. The maximum absolute atomic E-state index is 2.64. The predicted molar refractivity (Wildman–Crippen MR) is 103 cm³/mol. The summed E-state index contributed by atoms with van der Waals surface area (Å²) in [6.45, 7) is 9.77. The van der Waals surface area contributed by atoms with E-state index in [0.717, 1.165) is 17.8 Å². The third kappa shape index (κ3) is 2.11. The second kappa shape index (κ2) is 5.75. The van der Waals surface area contributed by atoms with E-state index in [4.69, 9.17) is 0 Å². The van der Waals surface area contributed by atoms with Crippen LogP contribution in [-0.2, 0) is 6.42 Å². The molecule has 3 aliphatic rings. The Hall–Kier alpha value is -1.04. The van der Waals surface area contributed by atoms with Crippen molar-refractivity contribution in [3.63, 3.8) is 0 Å². The van der Waals surface area contributed by atoms with Gasteiger partial charge in [0.1, 0.15) is 0 Å². The average molecular weight is 323 g/mol. The molecule has 0 heterocycles. The van der Waals surface area contributed by atoms with Crippen LogP contribution in [0, 0.1) is 29.6 Å². The first-order chi connectivity index (χ1) is 11.5. The zero-order chi connectivity index (χ0) is 16.9. The fraction of sp³-hybridized carbons (Fsp3) is 0.667. The van der Waals surface area contributed by atoms with Crippen LogP contribution in [0.4, 0.5) is 0 Å². The van der Waals surface area contributed by atoms with Gasteiger partial charge >= 0.3 is 0 Å². The van der Waals surface area contributed by atoms with Gasteiger partial charge in [0, 0.05) is 0 Å². The van der Waals surface area contributed by atoms with E-state index < -0.39 is 0 Å². The van der Waals surface area contributed by atoms with E-state index >= 15 is 0 Å². The van der Waals surface area contributed by atoms with Crippen LogP contribution >= 0.6 is 0 Å². The molecule has 1 saturated carbocycles. The Morgan fingerprint density at radius 3 is 2.83 bits per heavy atom. The van der Waals surface area contributed by atoms with Gasteiger partial charge in [0.25, 0.3) is 0 Å². The van der Waals surface area contributed by atoms with E-state index in [1.165, 1.54) is 50.5 Å². The zero-order valence-electron chi connectivity index (χ0n) is 16.1. The molecule has 130 valence electrons. The van der Waals surface area contributed by atoms with Gasteiger partial charge in [-0.3, -0.25) is 0 Å². The second-order valence-corrected chi connectivity index (χ2v) is 9.24. The van der Waals surface area contributed by atoms with E-state index in [1.807, 2.05) is 0 Å². The lowest BCUT2D eigenvalue weighted by Gasteiger charge is -2.64. The summed E-state index contributed by atoms with van der Waals surface area (Å²) in [5, 5.41) is 0. The third-order valence-corrected chi connectivity index (χ3v) is 8.34. The van der Waals surface area contributed by atoms with Crippen molar-refractivity contribution in [2.45, 2.75) is 78.6 Å². The van der Waals surface area contributed by atoms with Gasteiger partial charge in [-0.1, -0.05) is 63.1 Å². The minimum absolute atomic E-state index is 0.501. The Kier molecular flexibility index (Phi) is 3.94. The normalized spacial score (nSPS) is 40.6. The molecular formula is C24H34. The summed E-state index contributed by atoms with van der Waals surface area (Å²) in [6.07, 6.45) is 14.7. The van der Waals surface area contributed by atoms with E-state index in [0.29, 0.717) is 10.8 Å². The molecule has 3 aliphatic carbocycles. The monoisotopic (exact) mass is 322 g/mol. The fourth-order valence-corrected chi connectivity index (χ4v) is 6.97. The molecule has 0 saturated heterocycles. The summed E-state index contributed by atoms with van der Waals surface area (Å²) in [6, 6.07) is 7.30. The van der Waals surface area contributed by atoms with Gasteiger partial charge in [-0.25, -0.2) is 0 Å². The Morgan fingerprint density at radius 2 is 2.04 bits per heavy atom. The molecule has 0 heteroatoms. The van der Waals surface area contributed by atoms with Gasteiger partial charge in [-0.15, -0.1) is 0 Å². The summed E-state index contributed by atoms with van der Waals surface area (Å²) in [7, 11) is 0. The van der Waals surface area contributed by atoms with Crippen molar-refractivity contribution in [3.8, 4) is 0 Å². The van der Waals surface area contributed by atoms with Crippen LogP contribution in [-0.4, -0.2) is 0 Å². The largest absolute Gasteiger partial charge is 0.0877 e. The van der Waals surface area contributed by atoms with E-state index in [9.17, 15) is 0 Å². The number of benzene rings is 1. The van der Waals surface area contributed by atoms with Gasteiger partial charge in [0.05, 0.1) is 0 Å². The van der Waals surface area contributed by atoms with E-state index in [-0.39, 0.29) is 0 Å². The predicted octanol–water partition coefficient (Wildman–Crippen LogP) is 6.82. The highest BCUT2D eigenvalue weighted by Crippen LogP contribution is 2.68. The Labute approximate surface area is 148 Å². The van der Waals surface area contributed by atoms with E-state index in [1.54, 1.807) is 11.1 Å². The molecule has 0 amide bonds. The van der Waals surface area contributed by atoms with Crippen molar-refractivity contribution in [1.82, 2.24) is 0 Å². The highest BCUT2D eigenvalue weighted by molar-refractivity contribution is 5.38. The van der Waals surface area contributed by atoms with Gasteiger partial charge < -0.3 is 0 Å². The Bertz CT molecular complexity index is 654. The topological polar surface area (TPSA) is 0 Å². The summed E-state index contributed by atoms with van der Waals surface area (Å²) in [5.41, 5.74) is 5.83. The molecule has 24 heavy (non-hydrogen) atoms. The zero-order valence-corrected chi connectivity index (χ0v) is 16.1. The molecule has 1 aromatic rings. The van der Waals surface area contributed by atoms with Gasteiger partial charge in [-0.2, -0.15) is 0 Å². The molecule has 0 N–H and O–H groups in total. The summed E-state index contributed by atoms with van der Waals surface area (Å²) in [5.74, 6) is 2.43. The van der Waals surface area contributed by atoms with Crippen molar-refractivity contribution in [3.05, 3.63) is 47.0 Å². The molecule has 0 aromatic heterocycles. The van der Waals surface area contributed by atoms with Crippen LogP contribution in [0.1, 0.15) is 81.9 Å². The first-order valence-corrected chi connectivity index (χ1v) is 10.3. The van der Waals surface area contributed by atoms with Gasteiger partial charge in [0.15, 0.2) is 0 Å². The molecule has 1 aromatic carbocycles. The third-order valence-electron chi connectivity index (χ3n) is 8.34. The van der Waals surface area contributed by atoms with E-state index in [2.05, 4.69) is 58.0 Å². The smallest absolute Gasteiger partial charge is 0.0125 e. The van der Waals surface area contributed by atoms with Crippen LogP contribution in [0.5, 0.6) is 0 Å². The van der Waals surface area contributed by atoms with Crippen molar-refractivity contribution in [2.75, 3.05) is 0 Å². The SMILES string of the molecule is CCCC12CC=CC(C)C1(C)CCC1c3ccc(C)cc3CCC12. The first kappa shape index (κ1) is 16.4. The number of hydrogen-bond acceptors (Lipinski definition) is 0. The molecule has 0 bridgehead atoms. The molecule has 5 atom stereocenters. The number of hydrogen-bond donors (Lipinski definition) is 0. The van der Waals surface area contributed by atoms with Crippen molar-refractivity contribution < 1.29 is 0 Å². The quantitative estimate of drug-likeness (QED) is 0.524. The number of rotatable bonds is 2. The standard InChI is InChI=1S/C24H34/c1-5-13-24-14-6-7-18(3)23(24,4)15-12-21-20-10-8-17(2)16-19(20)9-11-22(21)24/h6-8,10,16,18,21-22H,5,9,11-15H2,1-4H3. The van der Waals surface area contributed by atoms with Gasteiger partial charge in [-0.05, 0) is 85.2 Å². The number of fused-ring (bicyclic) bond motifs is 5. The van der Waals surface area contributed by atoms with Gasteiger partial charge in [0.2, 0.25) is 0 Å². The molecule has 4 rings (SSSR count). The van der Waals surface area contributed by atoms with Crippen LogP contribution in [0.25, 0.3) is 0 Å². The highest BCUT2D eigenvalue weighted by Gasteiger charge is 2.59. The Balaban J connectivity index is 1.80. The van der Waals surface area contributed by atoms with Crippen molar-refractivity contribution >= 4 is 0 Å². The van der Waals surface area contributed by atoms with Crippen molar-refractivity contribution in [2.24, 2.45) is 22.7 Å². The molecule has 0 radical (unpaired) electrons. The lowest BCUT2D eigenvalue weighted by Crippen LogP contribution is -2.55. The maximum atomic E-state index is 2.64. The average Bonchev–Trinajstić information content (AvgIpc) is 2.56. The van der Waals surface area contributed by atoms with Crippen LogP contribution < -0.4 is 0 Å². The molecule has 0 aliphatic heterocycles. The first-order valence-electron chi connectivity index (χ1n) is 10.3. The lowest BCUT2D eigenvalue weighted by atomic mass is 9.40. The highest BCUT2D eigenvalue weighted by atomic mass is 14.6. The summed E-state index contributed by atoms with van der Waals surface area (Å²) in [4.78, 5) is 0. The number of aryl methyl sites for hydroxylation is 2. The van der Waals surface area contributed by atoms with Crippen LogP contribution in [0.2, 0.25) is 0 Å². The Morgan fingerprint density at radius 1 is 1.21 bits per heavy atom.